The fraction of sp³-hybridized carbons (Fsp3) is 0.404. The number of rotatable bonds is 9. The Labute approximate surface area is 312 Å². The molecule has 3 heterocycles. The SMILES string of the molecule is CC[C@H](/C=C1\OC(=O)C2=C(c3cc(O)ccc3-c3ccccc3)[C@@H]3CC[C@@]21[C@H]1C2=C(CC[C@@H]31)C(=CCCC1CCNCC1)OC2=O)Cc1ccccc1. The highest BCUT2D eigenvalue weighted by molar-refractivity contribution is 6.07. The molecule has 2 saturated heterocycles. The van der Waals surface area contributed by atoms with E-state index in [1.807, 2.05) is 36.4 Å². The zero-order valence-electron chi connectivity index (χ0n) is 30.6. The molecule has 0 aromatic heterocycles. The average molecular weight is 708 g/mol. The van der Waals surface area contributed by atoms with E-state index in [0.717, 1.165) is 104 Å². The van der Waals surface area contributed by atoms with Gasteiger partial charge in [0, 0.05) is 17.1 Å². The van der Waals surface area contributed by atoms with E-state index in [1.54, 1.807) is 6.07 Å². The zero-order valence-corrected chi connectivity index (χ0v) is 30.6. The highest BCUT2D eigenvalue weighted by atomic mass is 16.5. The smallest absolute Gasteiger partial charge is 0.340 e. The van der Waals surface area contributed by atoms with E-state index in [0.29, 0.717) is 17.3 Å². The van der Waals surface area contributed by atoms with E-state index >= 15 is 0 Å². The van der Waals surface area contributed by atoms with Gasteiger partial charge in [-0.25, -0.2) is 9.59 Å². The van der Waals surface area contributed by atoms with Gasteiger partial charge in [0.1, 0.15) is 17.3 Å². The lowest BCUT2D eigenvalue weighted by molar-refractivity contribution is -0.135. The Morgan fingerprint density at radius 2 is 1.66 bits per heavy atom. The minimum atomic E-state index is -0.792. The van der Waals surface area contributed by atoms with Gasteiger partial charge in [0.25, 0.3) is 0 Å². The van der Waals surface area contributed by atoms with Crippen molar-refractivity contribution in [3.8, 4) is 16.9 Å². The monoisotopic (exact) mass is 707 g/mol. The Morgan fingerprint density at radius 1 is 0.887 bits per heavy atom. The summed E-state index contributed by atoms with van der Waals surface area (Å²) in [5.41, 5.74) is 6.85. The van der Waals surface area contributed by atoms with Crippen molar-refractivity contribution in [1.82, 2.24) is 5.32 Å². The second-order valence-electron chi connectivity index (χ2n) is 16.1. The fourth-order valence-corrected chi connectivity index (χ4v) is 10.9. The summed E-state index contributed by atoms with van der Waals surface area (Å²) in [6.45, 7) is 4.34. The topological polar surface area (TPSA) is 84.9 Å². The van der Waals surface area contributed by atoms with Gasteiger partial charge in [0.2, 0.25) is 0 Å². The minimum absolute atomic E-state index is 0.0362. The van der Waals surface area contributed by atoms with E-state index in [9.17, 15) is 14.7 Å². The van der Waals surface area contributed by atoms with E-state index < -0.39 is 5.41 Å². The molecule has 3 aromatic carbocycles. The summed E-state index contributed by atoms with van der Waals surface area (Å²) in [4.78, 5) is 28.8. The number of phenols is 1. The van der Waals surface area contributed by atoms with Crippen LogP contribution in [-0.4, -0.2) is 30.1 Å². The first-order chi connectivity index (χ1) is 26.0. The molecule has 3 aromatic rings. The van der Waals surface area contributed by atoms with E-state index in [-0.39, 0.29) is 41.4 Å². The second kappa shape index (κ2) is 13.9. The number of nitrogens with one attached hydrogen (secondary N) is 1. The number of carbonyl (C=O) groups excluding carboxylic acids is 2. The number of esters is 2. The van der Waals surface area contributed by atoms with E-state index in [1.165, 1.54) is 18.4 Å². The lowest BCUT2D eigenvalue weighted by Gasteiger charge is -2.56. The fourth-order valence-electron chi connectivity index (χ4n) is 10.9. The van der Waals surface area contributed by atoms with Crippen molar-refractivity contribution in [2.75, 3.05) is 13.1 Å². The maximum atomic E-state index is 14.6. The molecule has 7 aliphatic rings. The van der Waals surface area contributed by atoms with Gasteiger partial charge in [-0.05, 0) is 153 Å². The molecule has 272 valence electrons. The molecule has 53 heavy (non-hydrogen) atoms. The number of hydrogen-bond acceptors (Lipinski definition) is 6. The first-order valence-electron chi connectivity index (χ1n) is 19.9. The molecule has 6 nitrogen and oxygen atoms in total. The number of allylic oxidation sites excluding steroid dienone is 5. The maximum absolute atomic E-state index is 14.6. The number of aromatic hydroxyl groups is 1. The van der Waals surface area contributed by atoms with Crippen LogP contribution in [0.3, 0.4) is 0 Å². The molecule has 1 saturated carbocycles. The van der Waals surface area contributed by atoms with Crippen LogP contribution in [0.4, 0.5) is 0 Å². The van der Waals surface area contributed by atoms with Crippen LogP contribution in [0.2, 0.25) is 0 Å². The third-order valence-electron chi connectivity index (χ3n) is 13.3. The second-order valence-corrected chi connectivity index (χ2v) is 16.1. The summed E-state index contributed by atoms with van der Waals surface area (Å²) in [5.74, 6) is 1.85. The van der Waals surface area contributed by atoms with Crippen molar-refractivity contribution in [2.45, 2.75) is 71.1 Å². The van der Waals surface area contributed by atoms with Crippen LogP contribution in [0.1, 0.15) is 75.8 Å². The Morgan fingerprint density at radius 3 is 2.43 bits per heavy atom. The number of piperidine rings is 1. The lowest BCUT2D eigenvalue weighted by atomic mass is 9.44. The number of benzene rings is 3. The number of hydrogen-bond donors (Lipinski definition) is 2. The van der Waals surface area contributed by atoms with Gasteiger partial charge in [-0.15, -0.1) is 0 Å². The Hall–Kier alpha value is -4.68. The molecule has 4 aliphatic carbocycles. The van der Waals surface area contributed by atoms with Gasteiger partial charge in [-0.2, -0.15) is 0 Å². The molecule has 3 aliphatic heterocycles. The van der Waals surface area contributed by atoms with Gasteiger partial charge >= 0.3 is 11.9 Å². The first-order valence-corrected chi connectivity index (χ1v) is 19.9. The molecular weight excluding hydrogens is 659 g/mol. The highest BCUT2D eigenvalue weighted by Gasteiger charge is 2.68. The molecule has 5 atom stereocenters. The standard InChI is InChI=1S/C47H49NO5/c1-2-29(26-31-10-5-3-6-11-31)27-40-47-23-20-35(41(44(47)46(51)53-40)38-28-33(49)16-17-34(38)32-13-7-4-8-14-32)36-18-19-37-39(52-45(50)42(37)43(36)47)15-9-12-30-21-24-48-25-22-30/h3-8,10-11,13-17,27-30,35-36,43,48-49H,2,9,12,18-26H2,1H3/b39-15?,40-27-/t29-,35+,36-,43+,47+/m0/s1. The van der Waals surface area contributed by atoms with Crippen LogP contribution in [0, 0.1) is 35.0 Å². The van der Waals surface area contributed by atoms with Crippen LogP contribution in [0.25, 0.3) is 16.7 Å². The molecule has 0 radical (unpaired) electrons. The van der Waals surface area contributed by atoms with E-state index in [4.69, 9.17) is 9.47 Å². The van der Waals surface area contributed by atoms with Crippen LogP contribution in [0.15, 0.2) is 119 Å². The van der Waals surface area contributed by atoms with Crippen molar-refractivity contribution in [3.63, 3.8) is 0 Å². The zero-order chi connectivity index (χ0) is 36.1. The van der Waals surface area contributed by atoms with Crippen molar-refractivity contribution < 1.29 is 24.2 Å². The van der Waals surface area contributed by atoms with Crippen LogP contribution < -0.4 is 5.32 Å². The number of cyclic esters (lactones) is 2. The Bertz CT molecular complexity index is 2050. The quantitative estimate of drug-likeness (QED) is 0.216. The molecule has 0 amide bonds. The molecule has 10 rings (SSSR count). The summed E-state index contributed by atoms with van der Waals surface area (Å²) in [5, 5.41) is 14.4. The van der Waals surface area contributed by atoms with Crippen LogP contribution >= 0.6 is 0 Å². The van der Waals surface area contributed by atoms with Gasteiger partial charge in [-0.1, -0.05) is 73.7 Å². The molecular formula is C47H49NO5. The summed E-state index contributed by atoms with van der Waals surface area (Å²) in [6, 6.07) is 26.3. The van der Waals surface area contributed by atoms with Gasteiger partial charge < -0.3 is 19.9 Å². The summed E-state index contributed by atoms with van der Waals surface area (Å²) in [6.07, 6.45) is 13.8. The van der Waals surface area contributed by atoms with E-state index in [2.05, 4.69) is 60.8 Å². The molecule has 6 heteroatoms. The highest BCUT2D eigenvalue weighted by Crippen LogP contribution is 2.72. The van der Waals surface area contributed by atoms with Crippen molar-refractivity contribution in [3.05, 3.63) is 130 Å². The summed E-state index contributed by atoms with van der Waals surface area (Å²) < 4.78 is 12.7. The number of fused-ring (bicyclic) bond motifs is 1. The van der Waals surface area contributed by atoms with Crippen molar-refractivity contribution in [2.24, 2.45) is 35.0 Å². The molecule has 1 spiro atoms. The first kappa shape index (κ1) is 34.1. The van der Waals surface area contributed by atoms with Crippen molar-refractivity contribution in [1.29, 1.82) is 0 Å². The van der Waals surface area contributed by atoms with Gasteiger partial charge in [0.05, 0.1) is 11.0 Å². The molecule has 3 fully saturated rings. The summed E-state index contributed by atoms with van der Waals surface area (Å²) >= 11 is 0. The molecule has 2 N–H and O–H groups in total. The largest absolute Gasteiger partial charge is 0.508 e. The number of ether oxygens (including phenoxy) is 2. The lowest BCUT2D eigenvalue weighted by Crippen LogP contribution is -2.52. The minimum Gasteiger partial charge on any atom is -0.508 e. The predicted octanol–water partition coefficient (Wildman–Crippen LogP) is 9.48. The summed E-state index contributed by atoms with van der Waals surface area (Å²) in [7, 11) is 0. The number of phenolic OH excluding ortho intramolecular Hbond substituents is 1. The molecule has 0 unspecified atom stereocenters. The number of carbonyl (C=O) groups is 2. The maximum Gasteiger partial charge on any atom is 0.340 e. The normalized spacial score (nSPS) is 28.6. The Balaban J connectivity index is 1.20. The van der Waals surface area contributed by atoms with Crippen LogP contribution in [0.5, 0.6) is 5.75 Å². The predicted molar refractivity (Wildman–Crippen MR) is 206 cm³/mol. The third-order valence-corrected chi connectivity index (χ3v) is 13.3. The van der Waals surface area contributed by atoms with Gasteiger partial charge in [-0.3, -0.25) is 0 Å². The van der Waals surface area contributed by atoms with Crippen LogP contribution in [-0.2, 0) is 25.5 Å². The average Bonchev–Trinajstić information content (AvgIpc) is 3.67. The van der Waals surface area contributed by atoms with Crippen molar-refractivity contribution >= 4 is 17.5 Å². The molecule has 2 bridgehead atoms. The van der Waals surface area contributed by atoms with Gasteiger partial charge in [0.15, 0.2) is 0 Å². The Kier molecular flexibility index (Phi) is 8.98. The third kappa shape index (κ3) is 5.81.